The molecule has 0 radical (unpaired) electrons. The predicted molar refractivity (Wildman–Crippen MR) is 54.6 cm³/mol. The smallest absolute Gasteiger partial charge is 0.311 e. The van der Waals surface area contributed by atoms with Gasteiger partial charge in [-0.05, 0) is 0 Å². The summed E-state index contributed by atoms with van der Waals surface area (Å²) in [4.78, 5) is 14.6. The highest BCUT2D eigenvalue weighted by Gasteiger charge is 2.20. The van der Waals surface area contributed by atoms with Gasteiger partial charge in [-0.15, -0.1) is 0 Å². The van der Waals surface area contributed by atoms with E-state index in [-0.39, 0.29) is 22.7 Å². The number of hydrogen-bond donors (Lipinski definition) is 0. The molecular formula is C10H7ClF2N2O2. The number of carbonyl (C=O) groups is 1. The molecule has 1 heterocycles. The number of rotatable bonds is 3. The molecule has 0 fully saturated rings. The minimum Gasteiger partial charge on any atom is -0.469 e. The van der Waals surface area contributed by atoms with Crippen LogP contribution in [0.2, 0.25) is 5.02 Å². The van der Waals surface area contributed by atoms with E-state index < -0.39 is 18.0 Å². The van der Waals surface area contributed by atoms with Gasteiger partial charge < -0.3 is 4.74 Å². The van der Waals surface area contributed by atoms with E-state index in [1.807, 2.05) is 0 Å². The Labute approximate surface area is 101 Å². The second kappa shape index (κ2) is 5.55. The highest BCUT2D eigenvalue weighted by Crippen LogP contribution is 2.30. The zero-order valence-corrected chi connectivity index (χ0v) is 9.46. The van der Waals surface area contributed by atoms with Crippen molar-refractivity contribution >= 4 is 17.6 Å². The molecule has 0 atom stereocenters. The van der Waals surface area contributed by atoms with Gasteiger partial charge in [-0.25, -0.2) is 8.78 Å². The molecule has 17 heavy (non-hydrogen) atoms. The number of hydrogen-bond acceptors (Lipinski definition) is 4. The molecule has 0 saturated heterocycles. The fourth-order valence-corrected chi connectivity index (χ4v) is 1.43. The van der Waals surface area contributed by atoms with E-state index in [2.05, 4.69) is 9.72 Å². The lowest BCUT2D eigenvalue weighted by atomic mass is 10.1. The van der Waals surface area contributed by atoms with E-state index in [1.54, 1.807) is 6.07 Å². The van der Waals surface area contributed by atoms with Crippen LogP contribution in [0.4, 0.5) is 8.78 Å². The molecule has 90 valence electrons. The summed E-state index contributed by atoms with van der Waals surface area (Å²) >= 11 is 5.64. The summed E-state index contributed by atoms with van der Waals surface area (Å²) in [5.74, 6) is -0.630. The van der Waals surface area contributed by atoms with Crippen molar-refractivity contribution in [1.29, 1.82) is 5.26 Å². The van der Waals surface area contributed by atoms with Gasteiger partial charge in [0.1, 0.15) is 6.07 Å². The summed E-state index contributed by atoms with van der Waals surface area (Å²) in [6.07, 6.45) is -2.26. The maximum Gasteiger partial charge on any atom is 0.311 e. The normalized spacial score (nSPS) is 10.1. The van der Waals surface area contributed by atoms with Crippen LogP contribution in [0.1, 0.15) is 23.2 Å². The Bertz CT molecular complexity index is 486. The number of alkyl halides is 2. The largest absolute Gasteiger partial charge is 0.469 e. The summed E-state index contributed by atoms with van der Waals surface area (Å²) in [6, 6.07) is 1.65. The van der Waals surface area contributed by atoms with Crippen molar-refractivity contribution in [1.82, 2.24) is 4.98 Å². The Morgan fingerprint density at radius 1 is 1.71 bits per heavy atom. The van der Waals surface area contributed by atoms with Crippen LogP contribution in [0.15, 0.2) is 6.20 Å². The highest BCUT2D eigenvalue weighted by atomic mass is 35.5. The Kier molecular flexibility index (Phi) is 4.35. The average molecular weight is 261 g/mol. The Hall–Kier alpha value is -1.74. The summed E-state index contributed by atoms with van der Waals surface area (Å²) in [5, 5.41) is 8.44. The van der Waals surface area contributed by atoms with Gasteiger partial charge >= 0.3 is 5.97 Å². The summed E-state index contributed by atoms with van der Waals surface area (Å²) in [7, 11) is 1.17. The van der Waals surface area contributed by atoms with Gasteiger partial charge in [0, 0.05) is 6.20 Å². The first-order valence-electron chi connectivity index (χ1n) is 4.43. The molecule has 0 aliphatic heterocycles. The second-order valence-corrected chi connectivity index (χ2v) is 3.39. The maximum atomic E-state index is 12.5. The average Bonchev–Trinajstić information content (AvgIpc) is 2.28. The first-order valence-corrected chi connectivity index (χ1v) is 4.81. The van der Waals surface area contributed by atoms with Crippen LogP contribution in [-0.2, 0) is 16.0 Å². The third-order valence-corrected chi connectivity index (χ3v) is 2.41. The number of esters is 1. The predicted octanol–water partition coefficient (Wildman–Crippen LogP) is 2.26. The van der Waals surface area contributed by atoms with E-state index in [9.17, 15) is 13.6 Å². The Morgan fingerprint density at radius 3 is 2.82 bits per heavy atom. The quantitative estimate of drug-likeness (QED) is 0.782. The number of halogens is 3. The minimum absolute atomic E-state index is 0.0220. The molecule has 1 aromatic heterocycles. The number of carbonyl (C=O) groups excluding carboxylic acids is 1. The number of methoxy groups -OCH3 is 1. The van der Waals surface area contributed by atoms with Gasteiger partial charge in [0.15, 0.2) is 0 Å². The minimum atomic E-state index is -2.82. The van der Waals surface area contributed by atoms with Crippen LogP contribution < -0.4 is 0 Å². The van der Waals surface area contributed by atoms with Crippen molar-refractivity contribution in [3.05, 3.63) is 28.0 Å². The third kappa shape index (κ3) is 2.88. The second-order valence-electron chi connectivity index (χ2n) is 3.01. The Morgan fingerprint density at radius 2 is 2.35 bits per heavy atom. The fourth-order valence-electron chi connectivity index (χ4n) is 1.15. The molecule has 0 unspecified atom stereocenters. The van der Waals surface area contributed by atoms with Gasteiger partial charge in [0.25, 0.3) is 6.43 Å². The summed E-state index contributed by atoms with van der Waals surface area (Å²) < 4.78 is 29.3. The van der Waals surface area contributed by atoms with Crippen molar-refractivity contribution in [3.8, 4) is 6.07 Å². The molecular weight excluding hydrogens is 254 g/mol. The molecule has 0 spiro atoms. The number of pyridine rings is 1. The molecule has 0 amide bonds. The van der Waals surface area contributed by atoms with Crippen LogP contribution in [0.25, 0.3) is 0 Å². The standard InChI is InChI=1S/C10H7ClF2N2O2/c1-17-8(16)2-7-5(3-14)9(11)6(4-15-7)10(12)13/h4,10H,2H2,1H3. The van der Waals surface area contributed by atoms with Crippen LogP contribution in [0, 0.1) is 11.3 Å². The van der Waals surface area contributed by atoms with Crippen molar-refractivity contribution in [2.24, 2.45) is 0 Å². The van der Waals surface area contributed by atoms with Crippen molar-refractivity contribution in [2.75, 3.05) is 7.11 Å². The molecule has 4 nitrogen and oxygen atoms in total. The number of nitrogens with zero attached hydrogens (tertiary/aromatic N) is 2. The monoisotopic (exact) mass is 260 g/mol. The molecule has 0 aliphatic rings. The lowest BCUT2D eigenvalue weighted by Crippen LogP contribution is -2.09. The van der Waals surface area contributed by atoms with E-state index >= 15 is 0 Å². The van der Waals surface area contributed by atoms with Crippen molar-refractivity contribution in [2.45, 2.75) is 12.8 Å². The molecule has 1 rings (SSSR count). The maximum absolute atomic E-state index is 12.5. The number of aromatic nitrogens is 1. The van der Waals surface area contributed by atoms with Crippen LogP contribution >= 0.6 is 11.6 Å². The van der Waals surface area contributed by atoms with Crippen LogP contribution in [0.3, 0.4) is 0 Å². The molecule has 0 aromatic carbocycles. The van der Waals surface area contributed by atoms with E-state index in [4.69, 9.17) is 16.9 Å². The summed E-state index contributed by atoms with van der Waals surface area (Å²) in [5.41, 5.74) is -0.736. The molecule has 0 saturated carbocycles. The molecule has 0 bridgehead atoms. The lowest BCUT2D eigenvalue weighted by molar-refractivity contribution is -0.139. The highest BCUT2D eigenvalue weighted by molar-refractivity contribution is 6.32. The SMILES string of the molecule is COC(=O)Cc1ncc(C(F)F)c(Cl)c1C#N. The van der Waals surface area contributed by atoms with Crippen LogP contribution in [0.5, 0.6) is 0 Å². The van der Waals surface area contributed by atoms with Gasteiger partial charge in [-0.2, -0.15) is 5.26 Å². The van der Waals surface area contributed by atoms with E-state index in [0.717, 1.165) is 6.20 Å². The molecule has 0 N–H and O–H groups in total. The van der Waals surface area contributed by atoms with E-state index in [0.29, 0.717) is 0 Å². The van der Waals surface area contributed by atoms with E-state index in [1.165, 1.54) is 7.11 Å². The topological polar surface area (TPSA) is 63.0 Å². The fraction of sp³-hybridized carbons (Fsp3) is 0.300. The van der Waals surface area contributed by atoms with Crippen LogP contribution in [-0.4, -0.2) is 18.1 Å². The zero-order valence-electron chi connectivity index (χ0n) is 8.71. The molecule has 1 aromatic rings. The summed E-state index contributed by atoms with van der Waals surface area (Å²) in [6.45, 7) is 0. The Balaban J connectivity index is 3.22. The number of ether oxygens (including phenoxy) is 1. The van der Waals surface area contributed by atoms with Gasteiger partial charge in [0.05, 0.1) is 35.4 Å². The first-order chi connectivity index (χ1) is 8.01. The number of nitriles is 1. The molecule has 7 heteroatoms. The zero-order chi connectivity index (χ0) is 13.0. The van der Waals surface area contributed by atoms with Crippen molar-refractivity contribution < 1.29 is 18.3 Å². The van der Waals surface area contributed by atoms with Gasteiger partial charge in [-0.1, -0.05) is 11.6 Å². The first kappa shape index (κ1) is 13.3. The lowest BCUT2D eigenvalue weighted by Gasteiger charge is -2.07. The third-order valence-electron chi connectivity index (χ3n) is 2.01. The molecule has 0 aliphatic carbocycles. The van der Waals surface area contributed by atoms with Gasteiger partial charge in [0.2, 0.25) is 0 Å². The van der Waals surface area contributed by atoms with Crippen molar-refractivity contribution in [3.63, 3.8) is 0 Å². The van der Waals surface area contributed by atoms with Gasteiger partial charge in [-0.3, -0.25) is 9.78 Å².